The van der Waals surface area contributed by atoms with Crippen molar-refractivity contribution in [3.05, 3.63) is 0 Å². The summed E-state index contributed by atoms with van der Waals surface area (Å²) in [6.07, 6.45) is 2.46. The molecule has 5 nitrogen and oxygen atoms in total. The topological polar surface area (TPSA) is 99.2 Å². The first-order valence-corrected chi connectivity index (χ1v) is 3.86. The van der Waals surface area contributed by atoms with Gasteiger partial charge in [0.2, 0.25) is 0 Å². The molecule has 0 rings (SSSR count). The Balaban J connectivity index is 3.19. The summed E-state index contributed by atoms with van der Waals surface area (Å²) in [5.41, 5.74) is 5.26. The van der Waals surface area contributed by atoms with E-state index in [0.29, 0.717) is 19.5 Å². The number of carboxylic acid groups (broad SMARTS) is 1. The van der Waals surface area contributed by atoms with Crippen LogP contribution >= 0.6 is 0 Å². The standard InChI is InChI=1S/C7H15N3O2/c8-3-5-10-4-1-2-6(9)7(11)12/h3,6,8,10H,1-2,4-5,9H2,(H,11,12). The molecule has 0 fully saturated rings. The minimum Gasteiger partial charge on any atom is -0.480 e. The summed E-state index contributed by atoms with van der Waals surface area (Å²) >= 11 is 0. The Hall–Kier alpha value is -0.940. The molecule has 0 radical (unpaired) electrons. The van der Waals surface area contributed by atoms with Crippen LogP contribution in [0, 0.1) is 5.41 Å². The van der Waals surface area contributed by atoms with Gasteiger partial charge in [-0.15, -0.1) is 0 Å². The van der Waals surface area contributed by atoms with Crippen LogP contribution in [0.2, 0.25) is 0 Å². The first kappa shape index (κ1) is 11.1. The van der Waals surface area contributed by atoms with E-state index in [1.54, 1.807) is 0 Å². The summed E-state index contributed by atoms with van der Waals surface area (Å²) in [5, 5.41) is 18.0. The SMILES string of the molecule is N=CCNCCCC(N)C(=O)O. The van der Waals surface area contributed by atoms with E-state index in [1.807, 2.05) is 0 Å². The molecule has 0 aliphatic carbocycles. The first-order valence-electron chi connectivity index (χ1n) is 3.86. The normalized spacial score (nSPS) is 12.4. The van der Waals surface area contributed by atoms with Crippen LogP contribution in [0.1, 0.15) is 12.8 Å². The molecule has 0 aliphatic heterocycles. The van der Waals surface area contributed by atoms with E-state index < -0.39 is 12.0 Å². The van der Waals surface area contributed by atoms with Gasteiger partial charge in [-0.05, 0) is 19.4 Å². The Bertz CT molecular complexity index is 150. The van der Waals surface area contributed by atoms with Crippen LogP contribution in [0.4, 0.5) is 0 Å². The van der Waals surface area contributed by atoms with Gasteiger partial charge in [-0.1, -0.05) is 0 Å². The van der Waals surface area contributed by atoms with E-state index in [2.05, 4.69) is 5.32 Å². The van der Waals surface area contributed by atoms with Crippen LogP contribution in [0.25, 0.3) is 0 Å². The Morgan fingerprint density at radius 3 is 2.92 bits per heavy atom. The summed E-state index contributed by atoms with van der Waals surface area (Å²) in [5.74, 6) is -0.956. The van der Waals surface area contributed by atoms with Gasteiger partial charge in [0.15, 0.2) is 0 Å². The van der Waals surface area contributed by atoms with Crippen molar-refractivity contribution in [1.29, 1.82) is 5.41 Å². The van der Waals surface area contributed by atoms with Crippen molar-refractivity contribution in [2.75, 3.05) is 13.1 Å². The largest absolute Gasteiger partial charge is 0.480 e. The van der Waals surface area contributed by atoms with Crippen molar-refractivity contribution >= 4 is 12.2 Å². The molecular weight excluding hydrogens is 158 g/mol. The lowest BCUT2D eigenvalue weighted by Gasteiger charge is -2.05. The van der Waals surface area contributed by atoms with Gasteiger partial charge in [-0.25, -0.2) is 0 Å². The Labute approximate surface area is 71.5 Å². The van der Waals surface area contributed by atoms with Gasteiger partial charge in [-0.2, -0.15) is 0 Å². The van der Waals surface area contributed by atoms with Crippen LogP contribution in [0.15, 0.2) is 0 Å². The molecule has 0 spiro atoms. The van der Waals surface area contributed by atoms with Gasteiger partial charge in [0.05, 0.1) is 0 Å². The van der Waals surface area contributed by atoms with Crippen molar-refractivity contribution in [1.82, 2.24) is 5.32 Å². The molecular formula is C7H15N3O2. The molecule has 1 unspecified atom stereocenters. The highest BCUT2D eigenvalue weighted by molar-refractivity contribution is 5.72. The fourth-order valence-electron chi connectivity index (χ4n) is 0.745. The van der Waals surface area contributed by atoms with Crippen molar-refractivity contribution < 1.29 is 9.90 Å². The van der Waals surface area contributed by atoms with E-state index in [1.165, 1.54) is 6.21 Å². The Morgan fingerprint density at radius 2 is 2.42 bits per heavy atom. The smallest absolute Gasteiger partial charge is 0.320 e. The Morgan fingerprint density at radius 1 is 1.75 bits per heavy atom. The van der Waals surface area contributed by atoms with Crippen molar-refractivity contribution in [3.63, 3.8) is 0 Å². The molecule has 0 heterocycles. The molecule has 0 aromatic carbocycles. The van der Waals surface area contributed by atoms with Crippen molar-refractivity contribution in [2.24, 2.45) is 5.73 Å². The quantitative estimate of drug-likeness (QED) is 0.305. The minimum atomic E-state index is -0.956. The molecule has 5 N–H and O–H groups in total. The fraction of sp³-hybridized carbons (Fsp3) is 0.714. The molecule has 0 saturated carbocycles. The summed E-state index contributed by atoms with van der Waals surface area (Å²) in [7, 11) is 0. The van der Waals surface area contributed by atoms with Gasteiger partial charge in [0, 0.05) is 12.8 Å². The van der Waals surface area contributed by atoms with E-state index >= 15 is 0 Å². The third kappa shape index (κ3) is 5.82. The number of carbonyl (C=O) groups is 1. The second kappa shape index (κ2) is 6.75. The highest BCUT2D eigenvalue weighted by Crippen LogP contribution is 1.92. The molecule has 0 aromatic rings. The predicted molar refractivity (Wildman–Crippen MR) is 46.5 cm³/mol. The number of nitrogens with one attached hydrogen (secondary N) is 2. The lowest BCUT2D eigenvalue weighted by molar-refractivity contribution is -0.138. The predicted octanol–water partition coefficient (Wildman–Crippen LogP) is -0.582. The van der Waals surface area contributed by atoms with E-state index in [4.69, 9.17) is 16.2 Å². The zero-order chi connectivity index (χ0) is 9.40. The molecule has 70 valence electrons. The number of aliphatic carboxylic acids is 1. The summed E-state index contributed by atoms with van der Waals surface area (Å²) in [6.45, 7) is 1.23. The molecule has 12 heavy (non-hydrogen) atoms. The zero-order valence-corrected chi connectivity index (χ0v) is 6.92. The number of nitrogens with two attached hydrogens (primary N) is 1. The average Bonchev–Trinajstić information content (AvgIpc) is 2.03. The molecule has 1 atom stereocenters. The lowest BCUT2D eigenvalue weighted by Crippen LogP contribution is -2.31. The van der Waals surface area contributed by atoms with Crippen molar-refractivity contribution in [2.45, 2.75) is 18.9 Å². The third-order valence-electron chi connectivity index (χ3n) is 1.43. The molecule has 0 saturated heterocycles. The van der Waals surface area contributed by atoms with Crippen LogP contribution < -0.4 is 11.1 Å². The number of hydrogen-bond donors (Lipinski definition) is 4. The lowest BCUT2D eigenvalue weighted by atomic mass is 10.2. The van der Waals surface area contributed by atoms with Crippen LogP contribution in [0.5, 0.6) is 0 Å². The molecule has 0 aromatic heterocycles. The maximum absolute atomic E-state index is 10.2. The summed E-state index contributed by atoms with van der Waals surface area (Å²) < 4.78 is 0. The van der Waals surface area contributed by atoms with Gasteiger partial charge in [0.1, 0.15) is 6.04 Å². The van der Waals surface area contributed by atoms with E-state index in [0.717, 1.165) is 6.42 Å². The van der Waals surface area contributed by atoms with E-state index in [-0.39, 0.29) is 0 Å². The molecule has 0 amide bonds. The number of carboxylic acids is 1. The molecule has 0 aliphatic rings. The zero-order valence-electron chi connectivity index (χ0n) is 6.92. The minimum absolute atomic E-state index is 0.473. The summed E-state index contributed by atoms with van der Waals surface area (Å²) in [4.78, 5) is 10.2. The maximum Gasteiger partial charge on any atom is 0.320 e. The fourth-order valence-corrected chi connectivity index (χ4v) is 0.745. The summed E-state index contributed by atoms with van der Waals surface area (Å²) in [6, 6.07) is -0.758. The van der Waals surface area contributed by atoms with E-state index in [9.17, 15) is 4.79 Å². The monoisotopic (exact) mass is 173 g/mol. The molecule has 0 bridgehead atoms. The highest BCUT2D eigenvalue weighted by atomic mass is 16.4. The maximum atomic E-state index is 10.2. The second-order valence-corrected chi connectivity index (χ2v) is 2.50. The van der Waals surface area contributed by atoms with Gasteiger partial charge in [-0.3, -0.25) is 4.79 Å². The van der Waals surface area contributed by atoms with Crippen LogP contribution in [-0.4, -0.2) is 36.4 Å². The highest BCUT2D eigenvalue weighted by Gasteiger charge is 2.09. The Kier molecular flexibility index (Phi) is 6.22. The van der Waals surface area contributed by atoms with Crippen LogP contribution in [0.3, 0.4) is 0 Å². The average molecular weight is 173 g/mol. The number of hydrogen-bond acceptors (Lipinski definition) is 4. The van der Waals surface area contributed by atoms with Gasteiger partial charge >= 0.3 is 5.97 Å². The third-order valence-corrected chi connectivity index (χ3v) is 1.43. The van der Waals surface area contributed by atoms with Gasteiger partial charge < -0.3 is 21.6 Å². The van der Waals surface area contributed by atoms with Crippen LogP contribution in [-0.2, 0) is 4.79 Å². The van der Waals surface area contributed by atoms with Crippen molar-refractivity contribution in [3.8, 4) is 0 Å². The first-order chi connectivity index (χ1) is 5.68. The van der Waals surface area contributed by atoms with Gasteiger partial charge in [0.25, 0.3) is 0 Å². The second-order valence-electron chi connectivity index (χ2n) is 2.50. The number of rotatable bonds is 7. The molecule has 5 heteroatoms.